The second kappa shape index (κ2) is 7.10. The topological polar surface area (TPSA) is 55.8 Å². The molecule has 0 spiro atoms. The normalized spacial score (nSPS) is 24.9. The zero-order valence-electron chi connectivity index (χ0n) is 11.8. The molecule has 4 nitrogen and oxygen atoms in total. The van der Waals surface area contributed by atoms with Crippen molar-refractivity contribution in [1.29, 1.82) is 0 Å². The third-order valence-electron chi connectivity index (χ3n) is 3.07. The predicted octanol–water partition coefficient (Wildman–Crippen LogP) is 2.29. The van der Waals surface area contributed by atoms with Gasteiger partial charge in [0, 0.05) is 13.2 Å². The number of aliphatic hydroxyl groups is 1. The molecule has 1 aliphatic rings. The Labute approximate surface area is 110 Å². The van der Waals surface area contributed by atoms with Gasteiger partial charge in [-0.25, -0.2) is 0 Å². The van der Waals surface area contributed by atoms with Crippen LogP contribution in [0.25, 0.3) is 0 Å². The van der Waals surface area contributed by atoms with Crippen LogP contribution in [-0.4, -0.2) is 36.0 Å². The summed E-state index contributed by atoms with van der Waals surface area (Å²) in [6.07, 6.45) is 4.45. The maximum atomic E-state index is 11.9. The SMILES string of the molecule is CC(C)(C)OC(=O)C1CCC(OCCCO)CC1. The Morgan fingerprint density at radius 1 is 1.22 bits per heavy atom. The van der Waals surface area contributed by atoms with E-state index in [0.29, 0.717) is 13.0 Å². The van der Waals surface area contributed by atoms with E-state index >= 15 is 0 Å². The number of rotatable bonds is 5. The number of hydrogen-bond donors (Lipinski definition) is 1. The lowest BCUT2D eigenvalue weighted by Gasteiger charge is -2.29. The molecule has 0 aromatic heterocycles. The Morgan fingerprint density at radius 3 is 2.33 bits per heavy atom. The summed E-state index contributed by atoms with van der Waals surface area (Å²) in [5, 5.41) is 8.68. The van der Waals surface area contributed by atoms with Crippen LogP contribution in [0.3, 0.4) is 0 Å². The van der Waals surface area contributed by atoms with Crippen molar-refractivity contribution in [3.8, 4) is 0 Å². The Bertz CT molecular complexity index is 249. The van der Waals surface area contributed by atoms with Gasteiger partial charge in [-0.1, -0.05) is 0 Å². The fourth-order valence-corrected chi connectivity index (χ4v) is 2.16. The zero-order valence-corrected chi connectivity index (χ0v) is 11.8. The van der Waals surface area contributed by atoms with Crippen molar-refractivity contribution in [2.24, 2.45) is 5.92 Å². The molecule has 0 aromatic carbocycles. The van der Waals surface area contributed by atoms with E-state index in [9.17, 15) is 4.79 Å². The Morgan fingerprint density at radius 2 is 1.83 bits per heavy atom. The van der Waals surface area contributed by atoms with Crippen molar-refractivity contribution < 1.29 is 19.4 Å². The summed E-state index contributed by atoms with van der Waals surface area (Å²) >= 11 is 0. The highest BCUT2D eigenvalue weighted by molar-refractivity contribution is 5.72. The van der Waals surface area contributed by atoms with E-state index in [1.165, 1.54) is 0 Å². The van der Waals surface area contributed by atoms with Crippen molar-refractivity contribution in [2.45, 2.75) is 64.6 Å². The maximum Gasteiger partial charge on any atom is 0.309 e. The second-order valence-corrected chi connectivity index (χ2v) is 5.96. The van der Waals surface area contributed by atoms with Gasteiger partial charge in [-0.2, -0.15) is 0 Å². The van der Waals surface area contributed by atoms with Crippen LogP contribution < -0.4 is 0 Å². The first-order valence-corrected chi connectivity index (χ1v) is 6.87. The Kier molecular flexibility index (Phi) is 6.09. The van der Waals surface area contributed by atoms with Gasteiger partial charge in [0.2, 0.25) is 0 Å². The van der Waals surface area contributed by atoms with Crippen LogP contribution in [0.1, 0.15) is 52.9 Å². The first-order valence-electron chi connectivity index (χ1n) is 6.87. The van der Waals surface area contributed by atoms with Crippen molar-refractivity contribution in [3.05, 3.63) is 0 Å². The number of esters is 1. The summed E-state index contributed by atoms with van der Waals surface area (Å²) in [7, 11) is 0. The molecule has 0 atom stereocenters. The van der Waals surface area contributed by atoms with Gasteiger partial charge in [0.1, 0.15) is 5.60 Å². The third-order valence-corrected chi connectivity index (χ3v) is 3.07. The molecule has 106 valence electrons. The van der Waals surface area contributed by atoms with Crippen molar-refractivity contribution in [3.63, 3.8) is 0 Å². The molecule has 0 saturated heterocycles. The second-order valence-electron chi connectivity index (χ2n) is 5.96. The zero-order chi connectivity index (χ0) is 13.6. The molecule has 0 unspecified atom stereocenters. The van der Waals surface area contributed by atoms with Crippen LogP contribution in [0, 0.1) is 5.92 Å². The number of ether oxygens (including phenoxy) is 2. The van der Waals surface area contributed by atoms with E-state index < -0.39 is 5.60 Å². The van der Waals surface area contributed by atoms with Crippen LogP contribution in [0.2, 0.25) is 0 Å². The third kappa shape index (κ3) is 5.83. The highest BCUT2D eigenvalue weighted by Gasteiger charge is 2.30. The lowest BCUT2D eigenvalue weighted by molar-refractivity contribution is -0.162. The van der Waals surface area contributed by atoms with Gasteiger partial charge in [-0.3, -0.25) is 4.79 Å². The van der Waals surface area contributed by atoms with Crippen molar-refractivity contribution in [1.82, 2.24) is 0 Å². The van der Waals surface area contributed by atoms with E-state index in [0.717, 1.165) is 25.7 Å². The minimum absolute atomic E-state index is 0.0296. The molecule has 18 heavy (non-hydrogen) atoms. The van der Waals surface area contributed by atoms with E-state index in [-0.39, 0.29) is 24.6 Å². The van der Waals surface area contributed by atoms with Gasteiger partial charge in [0.25, 0.3) is 0 Å². The van der Waals surface area contributed by atoms with E-state index in [2.05, 4.69) is 0 Å². The Hall–Kier alpha value is -0.610. The van der Waals surface area contributed by atoms with E-state index in [1.54, 1.807) is 0 Å². The largest absolute Gasteiger partial charge is 0.460 e. The molecule has 1 saturated carbocycles. The monoisotopic (exact) mass is 258 g/mol. The van der Waals surface area contributed by atoms with E-state index in [4.69, 9.17) is 14.6 Å². The molecule has 4 heteroatoms. The van der Waals surface area contributed by atoms with Crippen molar-refractivity contribution >= 4 is 5.97 Å². The standard InChI is InChI=1S/C14H26O4/c1-14(2,3)18-13(16)11-5-7-12(8-6-11)17-10-4-9-15/h11-12,15H,4-10H2,1-3H3. The summed E-state index contributed by atoms with van der Waals surface area (Å²) in [6.45, 7) is 6.48. The maximum absolute atomic E-state index is 11.9. The molecule has 0 amide bonds. The molecule has 1 fully saturated rings. The lowest BCUT2D eigenvalue weighted by atomic mass is 9.87. The van der Waals surface area contributed by atoms with Crippen LogP contribution in [0.4, 0.5) is 0 Å². The minimum Gasteiger partial charge on any atom is -0.460 e. The summed E-state index contributed by atoms with van der Waals surface area (Å²) < 4.78 is 11.0. The number of carbonyl (C=O) groups is 1. The lowest BCUT2D eigenvalue weighted by Crippen LogP contribution is -2.32. The quantitative estimate of drug-likeness (QED) is 0.607. The molecule has 1 aliphatic carbocycles. The average molecular weight is 258 g/mol. The smallest absolute Gasteiger partial charge is 0.309 e. The summed E-state index contributed by atoms with van der Waals surface area (Å²) in [6, 6.07) is 0. The van der Waals surface area contributed by atoms with Crippen molar-refractivity contribution in [2.75, 3.05) is 13.2 Å². The fraction of sp³-hybridized carbons (Fsp3) is 0.929. The first kappa shape index (κ1) is 15.4. The van der Waals surface area contributed by atoms with Gasteiger partial charge >= 0.3 is 5.97 Å². The van der Waals surface area contributed by atoms with Crippen LogP contribution in [-0.2, 0) is 14.3 Å². The molecule has 0 bridgehead atoms. The van der Waals surface area contributed by atoms with Crippen LogP contribution >= 0.6 is 0 Å². The fourth-order valence-electron chi connectivity index (χ4n) is 2.16. The molecule has 0 heterocycles. The average Bonchev–Trinajstić information content (AvgIpc) is 2.28. The highest BCUT2D eigenvalue weighted by Crippen LogP contribution is 2.28. The molecule has 1 rings (SSSR count). The molecular formula is C14H26O4. The molecule has 0 aliphatic heterocycles. The highest BCUT2D eigenvalue weighted by atomic mass is 16.6. The predicted molar refractivity (Wildman–Crippen MR) is 69.2 cm³/mol. The summed E-state index contributed by atoms with van der Waals surface area (Å²) in [5.41, 5.74) is -0.397. The Balaban J connectivity index is 2.24. The number of carbonyl (C=O) groups excluding carboxylic acids is 1. The number of aliphatic hydroxyl groups excluding tert-OH is 1. The van der Waals surface area contributed by atoms with Gasteiger partial charge in [0.05, 0.1) is 12.0 Å². The minimum atomic E-state index is -0.397. The van der Waals surface area contributed by atoms with E-state index in [1.807, 2.05) is 20.8 Å². The van der Waals surface area contributed by atoms with Gasteiger partial charge in [-0.05, 0) is 52.9 Å². The van der Waals surface area contributed by atoms with Crippen LogP contribution in [0.15, 0.2) is 0 Å². The molecule has 0 radical (unpaired) electrons. The molecule has 1 N–H and O–H groups in total. The van der Waals surface area contributed by atoms with Gasteiger partial charge in [0.15, 0.2) is 0 Å². The summed E-state index contributed by atoms with van der Waals surface area (Å²) in [4.78, 5) is 11.9. The molecule has 0 aromatic rings. The van der Waals surface area contributed by atoms with Gasteiger partial charge in [-0.15, -0.1) is 0 Å². The molecular weight excluding hydrogens is 232 g/mol. The van der Waals surface area contributed by atoms with Crippen LogP contribution in [0.5, 0.6) is 0 Å². The number of hydrogen-bond acceptors (Lipinski definition) is 4. The summed E-state index contributed by atoms with van der Waals surface area (Å²) in [5.74, 6) is -0.0433. The first-order chi connectivity index (χ1) is 8.42. The van der Waals surface area contributed by atoms with Gasteiger partial charge < -0.3 is 14.6 Å².